The number of nitrogens with two attached hydrogens (primary N) is 1. The number of sulfonamides is 1. The van der Waals surface area contributed by atoms with Crippen LogP contribution in [0, 0.1) is 0 Å². The molecule has 22 heavy (non-hydrogen) atoms. The summed E-state index contributed by atoms with van der Waals surface area (Å²) in [6, 6.07) is 11.1. The smallest absolute Gasteiger partial charge is 0.254 e. The first kappa shape index (κ1) is 16.4. The lowest BCUT2D eigenvalue weighted by Crippen LogP contribution is -2.31. The Labute approximate surface area is 128 Å². The molecule has 9 heteroatoms. The Hall–Kier alpha value is -1.94. The van der Waals surface area contributed by atoms with Gasteiger partial charge in [0.05, 0.1) is 16.9 Å². The zero-order valence-corrected chi connectivity index (χ0v) is 13.2. The fraction of sp³-hybridized carbons (Fsp3) is 0.0769. The lowest BCUT2D eigenvalue weighted by Gasteiger charge is -2.12. The molecule has 2 aromatic carbocycles. The predicted octanol–water partition coefficient (Wildman–Crippen LogP) is 0.680. The summed E-state index contributed by atoms with van der Waals surface area (Å²) < 4.78 is 54.3. The van der Waals surface area contributed by atoms with Crippen molar-refractivity contribution in [3.63, 3.8) is 0 Å². The molecule has 0 unspecified atom stereocenters. The highest BCUT2D eigenvalue weighted by molar-refractivity contribution is 7.93. The molecule has 118 valence electrons. The van der Waals surface area contributed by atoms with Crippen LogP contribution in [0.4, 0.5) is 0 Å². The molecule has 0 spiro atoms. The van der Waals surface area contributed by atoms with Gasteiger partial charge in [-0.3, -0.25) is 5.84 Å². The number of ether oxygens (including phenoxy) is 1. The highest BCUT2D eigenvalue weighted by Gasteiger charge is 2.28. The average molecular weight is 342 g/mol. The van der Waals surface area contributed by atoms with Gasteiger partial charge in [-0.25, -0.2) is 16.8 Å². The van der Waals surface area contributed by atoms with E-state index in [0.717, 1.165) is 12.1 Å². The quantitative estimate of drug-likeness (QED) is 0.610. The molecule has 2 rings (SSSR count). The fourth-order valence-electron chi connectivity index (χ4n) is 1.84. The molecule has 0 aliphatic rings. The summed E-state index contributed by atoms with van der Waals surface area (Å²) in [5, 5.41) is 0. The van der Waals surface area contributed by atoms with E-state index >= 15 is 0 Å². The minimum atomic E-state index is -4.15. The Morgan fingerprint density at radius 1 is 0.955 bits per heavy atom. The number of hydrazine groups is 1. The molecule has 2 aromatic rings. The van der Waals surface area contributed by atoms with Crippen LogP contribution in [0.2, 0.25) is 0 Å². The Morgan fingerprint density at radius 2 is 1.59 bits per heavy atom. The summed E-state index contributed by atoms with van der Waals surface area (Å²) >= 11 is 0. The second-order valence-corrected chi connectivity index (χ2v) is 7.85. The maximum Gasteiger partial charge on any atom is 0.254 e. The van der Waals surface area contributed by atoms with E-state index in [1.54, 1.807) is 23.0 Å². The second kappa shape index (κ2) is 6.05. The van der Waals surface area contributed by atoms with Gasteiger partial charge in [-0.1, -0.05) is 18.2 Å². The molecule has 7 nitrogen and oxygen atoms in total. The molecule has 0 atom stereocenters. The largest absolute Gasteiger partial charge is 0.497 e. The minimum Gasteiger partial charge on any atom is -0.497 e. The van der Waals surface area contributed by atoms with Crippen LogP contribution in [0.5, 0.6) is 5.75 Å². The summed E-state index contributed by atoms with van der Waals surface area (Å²) in [7, 11) is -6.85. The standard InChI is InChI=1S/C13H14N2O5S2/c1-20-10-7-8-12(22(18,19)15-14)13(9-10)21(16,17)11-5-3-2-4-6-11/h2-9,15H,14H2,1H3. The Morgan fingerprint density at radius 3 is 2.14 bits per heavy atom. The number of nitrogens with one attached hydrogen (secondary N) is 1. The first-order chi connectivity index (χ1) is 10.3. The lowest BCUT2D eigenvalue weighted by atomic mass is 10.3. The number of methoxy groups -OCH3 is 1. The predicted molar refractivity (Wildman–Crippen MR) is 79.4 cm³/mol. The topological polar surface area (TPSA) is 116 Å². The molecule has 0 radical (unpaired) electrons. The van der Waals surface area contributed by atoms with Crippen LogP contribution in [0.3, 0.4) is 0 Å². The molecule has 0 fully saturated rings. The van der Waals surface area contributed by atoms with E-state index < -0.39 is 29.7 Å². The monoisotopic (exact) mass is 342 g/mol. The molecule has 0 bridgehead atoms. The highest BCUT2D eigenvalue weighted by atomic mass is 32.2. The van der Waals surface area contributed by atoms with Crippen molar-refractivity contribution in [1.29, 1.82) is 0 Å². The van der Waals surface area contributed by atoms with Crippen molar-refractivity contribution in [3.05, 3.63) is 48.5 Å². The molecule has 0 aliphatic heterocycles. The molecular formula is C13H14N2O5S2. The van der Waals surface area contributed by atoms with Gasteiger partial charge in [0.2, 0.25) is 9.84 Å². The highest BCUT2D eigenvalue weighted by Crippen LogP contribution is 2.30. The van der Waals surface area contributed by atoms with Crippen LogP contribution in [0.1, 0.15) is 0 Å². The van der Waals surface area contributed by atoms with Crippen LogP contribution in [-0.4, -0.2) is 23.9 Å². The van der Waals surface area contributed by atoms with Gasteiger partial charge >= 0.3 is 0 Å². The lowest BCUT2D eigenvalue weighted by molar-refractivity contribution is 0.412. The van der Waals surface area contributed by atoms with Crippen molar-refractivity contribution in [3.8, 4) is 5.75 Å². The Balaban J connectivity index is 2.78. The van der Waals surface area contributed by atoms with E-state index in [2.05, 4.69) is 0 Å². The van der Waals surface area contributed by atoms with E-state index in [-0.39, 0.29) is 10.6 Å². The van der Waals surface area contributed by atoms with E-state index in [4.69, 9.17) is 10.6 Å². The molecule has 0 aromatic heterocycles. The first-order valence-electron chi connectivity index (χ1n) is 6.03. The van der Waals surface area contributed by atoms with Crippen molar-refractivity contribution < 1.29 is 21.6 Å². The van der Waals surface area contributed by atoms with Crippen LogP contribution in [-0.2, 0) is 19.9 Å². The first-order valence-corrected chi connectivity index (χ1v) is 9.00. The third kappa shape index (κ3) is 2.97. The van der Waals surface area contributed by atoms with Crippen molar-refractivity contribution in [2.45, 2.75) is 14.7 Å². The SMILES string of the molecule is COc1ccc(S(=O)(=O)NN)c(S(=O)(=O)c2ccccc2)c1. The molecule has 0 heterocycles. The average Bonchev–Trinajstić information content (AvgIpc) is 2.55. The Bertz CT molecular complexity index is 878. The molecule has 3 N–H and O–H groups in total. The zero-order chi connectivity index (χ0) is 16.4. The molecule has 0 amide bonds. The Kier molecular flexibility index (Phi) is 4.52. The number of benzene rings is 2. The van der Waals surface area contributed by atoms with Gasteiger partial charge in [0.1, 0.15) is 10.6 Å². The summed E-state index contributed by atoms with van der Waals surface area (Å²) in [5.74, 6) is 5.21. The molecular weight excluding hydrogens is 328 g/mol. The fourth-order valence-corrected chi connectivity index (χ4v) is 4.57. The van der Waals surface area contributed by atoms with Gasteiger partial charge in [0.25, 0.3) is 10.0 Å². The van der Waals surface area contributed by atoms with E-state index in [0.29, 0.717) is 0 Å². The van der Waals surface area contributed by atoms with Gasteiger partial charge in [-0.15, -0.1) is 0 Å². The van der Waals surface area contributed by atoms with Gasteiger partial charge in [-0.2, -0.15) is 4.83 Å². The van der Waals surface area contributed by atoms with Gasteiger partial charge in [0.15, 0.2) is 0 Å². The van der Waals surface area contributed by atoms with Crippen molar-refractivity contribution in [2.75, 3.05) is 7.11 Å². The van der Waals surface area contributed by atoms with Gasteiger partial charge in [-0.05, 0) is 24.3 Å². The molecule has 0 saturated heterocycles. The van der Waals surface area contributed by atoms with Crippen LogP contribution < -0.4 is 15.4 Å². The number of hydrogen-bond acceptors (Lipinski definition) is 6. The molecule has 0 aliphatic carbocycles. The van der Waals surface area contributed by atoms with Crippen molar-refractivity contribution >= 4 is 19.9 Å². The summed E-state index contributed by atoms with van der Waals surface area (Å²) in [4.78, 5) is 0.744. The molecule has 0 saturated carbocycles. The van der Waals surface area contributed by atoms with E-state index in [1.165, 1.54) is 25.3 Å². The van der Waals surface area contributed by atoms with E-state index in [9.17, 15) is 16.8 Å². The van der Waals surface area contributed by atoms with Gasteiger partial charge in [0, 0.05) is 6.07 Å². The van der Waals surface area contributed by atoms with Crippen LogP contribution in [0.25, 0.3) is 0 Å². The zero-order valence-electron chi connectivity index (χ0n) is 11.6. The van der Waals surface area contributed by atoms with Crippen LogP contribution in [0.15, 0.2) is 63.2 Å². The third-order valence-corrected chi connectivity index (χ3v) is 6.12. The van der Waals surface area contributed by atoms with Crippen molar-refractivity contribution in [2.24, 2.45) is 5.84 Å². The summed E-state index contributed by atoms with van der Waals surface area (Å²) in [6.07, 6.45) is 0. The maximum atomic E-state index is 12.7. The maximum absolute atomic E-state index is 12.7. The third-order valence-electron chi connectivity index (χ3n) is 2.94. The minimum absolute atomic E-state index is 0.0308. The van der Waals surface area contributed by atoms with E-state index in [1.807, 2.05) is 0 Å². The number of rotatable bonds is 5. The van der Waals surface area contributed by atoms with Gasteiger partial charge < -0.3 is 4.74 Å². The summed E-state index contributed by atoms with van der Waals surface area (Å²) in [5.41, 5.74) is 0. The number of hydrogen-bond donors (Lipinski definition) is 2. The van der Waals surface area contributed by atoms with Crippen molar-refractivity contribution in [1.82, 2.24) is 4.83 Å². The summed E-state index contributed by atoms with van der Waals surface area (Å²) in [6.45, 7) is 0. The van der Waals surface area contributed by atoms with Crippen LogP contribution >= 0.6 is 0 Å². The second-order valence-electron chi connectivity index (χ2n) is 4.25. The number of sulfone groups is 1. The normalized spacial score (nSPS) is 12.1.